The largest absolute Gasteiger partial charge is 0.469 e. The van der Waals surface area contributed by atoms with E-state index < -0.39 is 5.60 Å². The first kappa shape index (κ1) is 22.8. The van der Waals surface area contributed by atoms with Crippen molar-refractivity contribution < 1.29 is 24.2 Å². The molecule has 1 rings (SSSR count). The monoisotopic (exact) mass is 368 g/mol. The van der Waals surface area contributed by atoms with Gasteiger partial charge in [-0.1, -0.05) is 31.4 Å². The lowest BCUT2D eigenvalue weighted by molar-refractivity contribution is -0.140. The molecule has 0 saturated heterocycles. The van der Waals surface area contributed by atoms with Crippen LogP contribution in [0.15, 0.2) is 12.2 Å². The van der Waals surface area contributed by atoms with Crippen LogP contribution in [-0.4, -0.2) is 42.8 Å². The molecule has 0 aromatic rings. The second-order valence-corrected chi connectivity index (χ2v) is 7.47. The van der Waals surface area contributed by atoms with E-state index in [0.717, 1.165) is 38.5 Å². The number of ketones is 1. The van der Waals surface area contributed by atoms with E-state index in [1.165, 1.54) is 7.11 Å². The number of aliphatic hydroxyl groups is 1. The summed E-state index contributed by atoms with van der Waals surface area (Å²) in [5.41, 5.74) is -0.890. The van der Waals surface area contributed by atoms with Crippen LogP contribution in [0.1, 0.15) is 71.6 Å². The predicted molar refractivity (Wildman–Crippen MR) is 102 cm³/mol. The van der Waals surface area contributed by atoms with E-state index in [4.69, 9.17) is 4.74 Å². The van der Waals surface area contributed by atoms with Crippen molar-refractivity contribution in [1.29, 1.82) is 0 Å². The third kappa shape index (κ3) is 8.95. The molecule has 26 heavy (non-hydrogen) atoms. The molecule has 0 aliphatic heterocycles. The number of Topliss-reactive ketones (excluding diaryl/α,β-unsaturated/α-hetero) is 1. The Hall–Kier alpha value is -1.20. The summed E-state index contributed by atoms with van der Waals surface area (Å²) >= 11 is 0. The summed E-state index contributed by atoms with van der Waals surface area (Å²) in [6.45, 7) is 4.91. The highest BCUT2D eigenvalue weighted by Crippen LogP contribution is 2.34. The average Bonchev–Trinajstić information content (AvgIpc) is 2.96. The first-order chi connectivity index (χ1) is 12.4. The molecule has 5 heteroatoms. The quantitative estimate of drug-likeness (QED) is 0.304. The maximum atomic E-state index is 12.2. The number of methoxy groups -OCH3 is 1. The first-order valence-corrected chi connectivity index (χ1v) is 9.98. The lowest BCUT2D eigenvalue weighted by atomic mass is 9.88. The molecule has 1 N–H and O–H groups in total. The Labute approximate surface area is 158 Å². The van der Waals surface area contributed by atoms with Gasteiger partial charge in [-0.25, -0.2) is 0 Å². The smallest absolute Gasteiger partial charge is 0.305 e. The van der Waals surface area contributed by atoms with Gasteiger partial charge in [0.25, 0.3) is 0 Å². The van der Waals surface area contributed by atoms with Gasteiger partial charge in [0.1, 0.15) is 5.78 Å². The van der Waals surface area contributed by atoms with Crippen LogP contribution in [-0.2, 0) is 19.1 Å². The van der Waals surface area contributed by atoms with E-state index in [9.17, 15) is 14.7 Å². The minimum absolute atomic E-state index is 0.0783. The lowest BCUT2D eigenvalue weighted by Gasteiger charge is -2.21. The summed E-state index contributed by atoms with van der Waals surface area (Å²) in [6.07, 6.45) is 11.2. The van der Waals surface area contributed by atoms with Crippen molar-refractivity contribution in [3.8, 4) is 0 Å². The summed E-state index contributed by atoms with van der Waals surface area (Å²) in [7, 11) is 1.41. The van der Waals surface area contributed by atoms with Crippen molar-refractivity contribution in [2.45, 2.75) is 77.2 Å². The van der Waals surface area contributed by atoms with E-state index in [1.807, 2.05) is 19.1 Å². The number of unbranched alkanes of at least 4 members (excludes halogenated alkanes) is 3. The number of rotatable bonds is 13. The first-order valence-electron chi connectivity index (χ1n) is 9.98. The zero-order valence-electron chi connectivity index (χ0n) is 16.7. The molecule has 5 nitrogen and oxygen atoms in total. The van der Waals surface area contributed by atoms with Crippen molar-refractivity contribution >= 4 is 11.8 Å². The minimum Gasteiger partial charge on any atom is -0.469 e. The second-order valence-electron chi connectivity index (χ2n) is 7.47. The molecule has 0 radical (unpaired) electrons. The predicted octanol–water partition coefficient (Wildman–Crippen LogP) is 3.83. The van der Waals surface area contributed by atoms with E-state index in [2.05, 4.69) is 4.74 Å². The van der Waals surface area contributed by atoms with Crippen molar-refractivity contribution in [1.82, 2.24) is 0 Å². The average molecular weight is 369 g/mol. The maximum absolute atomic E-state index is 12.2. The molecule has 0 aromatic carbocycles. The third-order valence-corrected chi connectivity index (χ3v) is 5.19. The molecular formula is C21H36O5. The molecule has 1 aliphatic carbocycles. The molecule has 1 fully saturated rings. The summed E-state index contributed by atoms with van der Waals surface area (Å²) < 4.78 is 9.94. The van der Waals surface area contributed by atoms with E-state index in [0.29, 0.717) is 38.3 Å². The number of ether oxygens (including phenoxy) is 2. The van der Waals surface area contributed by atoms with Gasteiger partial charge in [-0.05, 0) is 39.0 Å². The Bertz CT molecular complexity index is 455. The van der Waals surface area contributed by atoms with Crippen LogP contribution >= 0.6 is 0 Å². The molecule has 1 saturated carbocycles. The standard InChI is InChI=1S/C21H36O5/c1-4-26-16-15-21(2,24)14-13-17-11-12-19(22)18(17)9-7-5-6-8-10-20(23)25-3/h13-14,17-18,24H,4-12,15-16H2,1-3H3/b14-13+. The van der Waals surface area contributed by atoms with Crippen molar-refractivity contribution in [3.05, 3.63) is 12.2 Å². The number of carbonyl (C=O) groups excluding carboxylic acids is 2. The molecule has 0 aromatic heterocycles. The van der Waals surface area contributed by atoms with Gasteiger partial charge in [0.2, 0.25) is 0 Å². The number of esters is 1. The van der Waals surface area contributed by atoms with Gasteiger partial charge in [0.05, 0.1) is 12.7 Å². The highest BCUT2D eigenvalue weighted by molar-refractivity contribution is 5.83. The molecule has 0 spiro atoms. The highest BCUT2D eigenvalue weighted by atomic mass is 16.5. The fraction of sp³-hybridized carbons (Fsp3) is 0.810. The van der Waals surface area contributed by atoms with Crippen LogP contribution in [0.25, 0.3) is 0 Å². The molecule has 0 amide bonds. The number of hydrogen-bond acceptors (Lipinski definition) is 5. The second kappa shape index (κ2) is 12.2. The SMILES string of the molecule is CCOCCC(C)(O)/C=C/C1CCC(=O)C1CCCCCCC(=O)OC. The van der Waals surface area contributed by atoms with Gasteiger partial charge in [-0.3, -0.25) is 9.59 Å². The molecule has 3 unspecified atom stereocenters. The van der Waals surface area contributed by atoms with Crippen LogP contribution in [0, 0.1) is 11.8 Å². The van der Waals surface area contributed by atoms with Crippen molar-refractivity contribution in [2.75, 3.05) is 20.3 Å². The molecule has 0 bridgehead atoms. The van der Waals surface area contributed by atoms with Gasteiger partial charge in [-0.2, -0.15) is 0 Å². The summed E-state index contributed by atoms with van der Waals surface area (Å²) in [5, 5.41) is 10.4. The Morgan fingerprint density at radius 3 is 2.73 bits per heavy atom. The van der Waals surface area contributed by atoms with Gasteiger partial charge >= 0.3 is 5.97 Å². The van der Waals surface area contributed by atoms with E-state index in [-0.39, 0.29) is 17.8 Å². The lowest BCUT2D eigenvalue weighted by Crippen LogP contribution is -2.24. The van der Waals surface area contributed by atoms with Gasteiger partial charge in [0, 0.05) is 38.4 Å². The fourth-order valence-corrected chi connectivity index (χ4v) is 3.47. The zero-order valence-corrected chi connectivity index (χ0v) is 16.7. The Morgan fingerprint density at radius 2 is 2.04 bits per heavy atom. The van der Waals surface area contributed by atoms with Gasteiger partial charge in [-0.15, -0.1) is 0 Å². The molecule has 1 aliphatic rings. The van der Waals surface area contributed by atoms with Crippen molar-refractivity contribution in [2.24, 2.45) is 11.8 Å². The third-order valence-electron chi connectivity index (χ3n) is 5.19. The van der Waals surface area contributed by atoms with Crippen LogP contribution in [0.2, 0.25) is 0 Å². The topological polar surface area (TPSA) is 72.8 Å². The van der Waals surface area contributed by atoms with Gasteiger partial charge < -0.3 is 14.6 Å². The van der Waals surface area contributed by atoms with Crippen molar-refractivity contribution in [3.63, 3.8) is 0 Å². The van der Waals surface area contributed by atoms with Crippen LogP contribution in [0.4, 0.5) is 0 Å². The summed E-state index contributed by atoms with van der Waals surface area (Å²) in [5.74, 6) is 0.506. The molecular weight excluding hydrogens is 332 g/mol. The van der Waals surface area contributed by atoms with E-state index in [1.54, 1.807) is 6.92 Å². The zero-order chi connectivity index (χ0) is 19.4. The van der Waals surface area contributed by atoms with Crippen LogP contribution < -0.4 is 0 Å². The normalized spacial score (nSPS) is 22.7. The molecule has 150 valence electrons. The van der Waals surface area contributed by atoms with E-state index >= 15 is 0 Å². The number of hydrogen-bond donors (Lipinski definition) is 1. The minimum atomic E-state index is -0.890. The molecule has 3 atom stereocenters. The summed E-state index contributed by atoms with van der Waals surface area (Å²) in [6, 6.07) is 0. The summed E-state index contributed by atoms with van der Waals surface area (Å²) in [4.78, 5) is 23.3. The fourth-order valence-electron chi connectivity index (χ4n) is 3.47. The van der Waals surface area contributed by atoms with Crippen LogP contribution in [0.5, 0.6) is 0 Å². The number of carbonyl (C=O) groups is 2. The Balaban J connectivity index is 2.35. The Kier molecular flexibility index (Phi) is 10.7. The van der Waals surface area contributed by atoms with Crippen LogP contribution in [0.3, 0.4) is 0 Å². The maximum Gasteiger partial charge on any atom is 0.305 e. The number of allylic oxidation sites excluding steroid dienone is 1. The van der Waals surface area contributed by atoms with Gasteiger partial charge in [0.15, 0.2) is 0 Å². The molecule has 0 heterocycles. The Morgan fingerprint density at radius 1 is 1.31 bits per heavy atom. The highest BCUT2D eigenvalue weighted by Gasteiger charge is 2.32.